The van der Waals surface area contributed by atoms with Crippen LogP contribution in [0.2, 0.25) is 0 Å². The molecule has 0 fully saturated rings. The molecule has 2 nitrogen and oxygen atoms in total. The summed E-state index contributed by atoms with van der Waals surface area (Å²) in [7, 11) is 0. The molecule has 0 unspecified atom stereocenters. The maximum atomic E-state index is 11.5. The minimum Gasteiger partial charge on any atom is -0.465 e. The minimum atomic E-state index is -0.00450. The number of ether oxygens (including phenoxy) is 1. The van der Waals surface area contributed by atoms with Crippen LogP contribution < -0.4 is 0 Å². The first-order valence-electron chi connectivity index (χ1n) is 9.04. The molecule has 0 aromatic rings. The molecule has 0 aliphatic rings. The molecule has 0 aromatic carbocycles. The molecule has 0 radical (unpaired) electrons. The molecule has 126 valence electrons. The fraction of sp³-hybridized carbons (Fsp3) is 0.944. The summed E-state index contributed by atoms with van der Waals surface area (Å²) in [4.78, 5) is 11.5. The number of carbonyl (C=O) groups is 1. The fourth-order valence-electron chi connectivity index (χ4n) is 2.25. The van der Waals surface area contributed by atoms with Gasteiger partial charge in [0.15, 0.2) is 0 Å². The molecule has 0 heterocycles. The molecule has 0 rings (SSSR count). The smallest absolute Gasteiger partial charge is 0.305 e. The molecule has 21 heavy (non-hydrogen) atoms. The van der Waals surface area contributed by atoms with Crippen LogP contribution in [0.25, 0.3) is 0 Å². The Morgan fingerprint density at radius 1 is 0.762 bits per heavy atom. The lowest BCUT2D eigenvalue weighted by molar-refractivity contribution is -0.143. The van der Waals surface area contributed by atoms with Gasteiger partial charge in [-0.1, -0.05) is 71.6 Å². The highest BCUT2D eigenvalue weighted by Crippen LogP contribution is 2.10. The number of hydrogen-bond acceptors (Lipinski definition) is 3. The van der Waals surface area contributed by atoms with Crippen molar-refractivity contribution in [2.45, 2.75) is 90.9 Å². The van der Waals surface area contributed by atoms with Crippen LogP contribution in [0.4, 0.5) is 0 Å². The standard InChI is InChI=1S/C18H36O2S/c1-3-5-7-9-10-11-12-14-18(19)20-15-17-21-16-13-8-6-4-2/h3-17H2,1-2H3. The van der Waals surface area contributed by atoms with Gasteiger partial charge in [0.1, 0.15) is 6.61 Å². The average Bonchev–Trinajstić information content (AvgIpc) is 2.49. The van der Waals surface area contributed by atoms with E-state index in [0.29, 0.717) is 13.0 Å². The fourth-order valence-corrected chi connectivity index (χ4v) is 3.06. The normalized spacial score (nSPS) is 10.8. The van der Waals surface area contributed by atoms with Gasteiger partial charge in [-0.25, -0.2) is 0 Å². The Bertz CT molecular complexity index is 219. The Morgan fingerprint density at radius 3 is 2.00 bits per heavy atom. The van der Waals surface area contributed by atoms with Crippen molar-refractivity contribution in [1.29, 1.82) is 0 Å². The van der Waals surface area contributed by atoms with Crippen molar-refractivity contribution in [3.8, 4) is 0 Å². The Labute approximate surface area is 136 Å². The van der Waals surface area contributed by atoms with Crippen molar-refractivity contribution in [2.75, 3.05) is 18.1 Å². The third-order valence-electron chi connectivity index (χ3n) is 3.62. The first kappa shape index (κ1) is 20.8. The van der Waals surface area contributed by atoms with E-state index in [-0.39, 0.29) is 5.97 Å². The highest BCUT2D eigenvalue weighted by atomic mass is 32.2. The van der Waals surface area contributed by atoms with Gasteiger partial charge in [0.2, 0.25) is 0 Å². The Balaban J connectivity index is 3.13. The molecule has 0 aliphatic heterocycles. The van der Waals surface area contributed by atoms with E-state index in [4.69, 9.17) is 4.74 Å². The highest BCUT2D eigenvalue weighted by molar-refractivity contribution is 7.99. The summed E-state index contributed by atoms with van der Waals surface area (Å²) in [6.45, 7) is 5.06. The van der Waals surface area contributed by atoms with Gasteiger partial charge >= 0.3 is 5.97 Å². The van der Waals surface area contributed by atoms with Gasteiger partial charge in [0.25, 0.3) is 0 Å². The second-order valence-corrected chi connectivity index (χ2v) is 6.99. The number of thioether (sulfide) groups is 1. The first-order chi connectivity index (χ1) is 10.3. The van der Waals surface area contributed by atoms with E-state index >= 15 is 0 Å². The zero-order valence-corrected chi connectivity index (χ0v) is 15.1. The van der Waals surface area contributed by atoms with Crippen LogP contribution in [0.1, 0.15) is 90.9 Å². The van der Waals surface area contributed by atoms with Crippen LogP contribution >= 0.6 is 11.8 Å². The van der Waals surface area contributed by atoms with Gasteiger partial charge < -0.3 is 4.74 Å². The van der Waals surface area contributed by atoms with Gasteiger partial charge in [0, 0.05) is 12.2 Å². The van der Waals surface area contributed by atoms with Crippen molar-refractivity contribution in [2.24, 2.45) is 0 Å². The predicted molar refractivity (Wildman–Crippen MR) is 95.0 cm³/mol. The van der Waals surface area contributed by atoms with Crippen LogP contribution in [0.5, 0.6) is 0 Å². The molecule has 0 bridgehead atoms. The number of carbonyl (C=O) groups excluding carboxylic acids is 1. The molecule has 0 N–H and O–H groups in total. The summed E-state index contributed by atoms with van der Waals surface area (Å²) in [6, 6.07) is 0. The summed E-state index contributed by atoms with van der Waals surface area (Å²) in [5, 5.41) is 0. The molecule has 0 amide bonds. The zero-order chi connectivity index (χ0) is 15.6. The second-order valence-electron chi connectivity index (χ2n) is 5.76. The Hall–Kier alpha value is -0.180. The van der Waals surface area contributed by atoms with Gasteiger partial charge in [0.05, 0.1) is 0 Å². The maximum Gasteiger partial charge on any atom is 0.305 e. The van der Waals surface area contributed by atoms with Crippen LogP contribution in [-0.2, 0) is 9.53 Å². The lowest BCUT2D eigenvalue weighted by Gasteiger charge is -2.05. The topological polar surface area (TPSA) is 26.3 Å². The molecule has 0 spiro atoms. The third-order valence-corrected chi connectivity index (χ3v) is 4.65. The third kappa shape index (κ3) is 17.8. The summed E-state index contributed by atoms with van der Waals surface area (Å²) in [6.07, 6.45) is 14.6. The van der Waals surface area contributed by atoms with Crippen LogP contribution in [0, 0.1) is 0 Å². The lowest BCUT2D eigenvalue weighted by atomic mass is 10.1. The van der Waals surface area contributed by atoms with Gasteiger partial charge in [-0.3, -0.25) is 4.79 Å². The van der Waals surface area contributed by atoms with Crippen molar-refractivity contribution in [3.05, 3.63) is 0 Å². The summed E-state index contributed by atoms with van der Waals surface area (Å²) >= 11 is 1.91. The monoisotopic (exact) mass is 316 g/mol. The molecule has 0 saturated heterocycles. The van der Waals surface area contributed by atoms with E-state index < -0.39 is 0 Å². The second kappa shape index (κ2) is 17.9. The van der Waals surface area contributed by atoms with Crippen LogP contribution in [0.15, 0.2) is 0 Å². The van der Waals surface area contributed by atoms with Gasteiger partial charge in [-0.2, -0.15) is 11.8 Å². The molecule has 0 atom stereocenters. The average molecular weight is 317 g/mol. The largest absolute Gasteiger partial charge is 0.465 e. The summed E-state index contributed by atoms with van der Waals surface area (Å²) in [5.41, 5.74) is 0. The van der Waals surface area contributed by atoms with Crippen molar-refractivity contribution >= 4 is 17.7 Å². The Morgan fingerprint density at radius 2 is 1.33 bits per heavy atom. The predicted octanol–water partition coefficient (Wildman–Crippen LogP) is 5.98. The SMILES string of the molecule is CCCCCCCCCC(=O)OCCSCCCCCC. The van der Waals surface area contributed by atoms with Crippen molar-refractivity contribution < 1.29 is 9.53 Å². The van der Waals surface area contributed by atoms with Gasteiger partial charge in [-0.05, 0) is 18.6 Å². The summed E-state index contributed by atoms with van der Waals surface area (Å²) in [5.74, 6) is 2.15. The van der Waals surface area contributed by atoms with Crippen molar-refractivity contribution in [3.63, 3.8) is 0 Å². The molecule has 0 aromatic heterocycles. The quantitative estimate of drug-likeness (QED) is 0.259. The Kier molecular flexibility index (Phi) is 17.7. The number of rotatable bonds is 16. The van der Waals surface area contributed by atoms with Crippen LogP contribution in [-0.4, -0.2) is 24.1 Å². The molecular formula is C18H36O2S. The highest BCUT2D eigenvalue weighted by Gasteiger charge is 2.02. The molecule has 0 aliphatic carbocycles. The first-order valence-corrected chi connectivity index (χ1v) is 10.2. The van der Waals surface area contributed by atoms with Crippen LogP contribution in [0.3, 0.4) is 0 Å². The van der Waals surface area contributed by atoms with Crippen molar-refractivity contribution in [1.82, 2.24) is 0 Å². The van der Waals surface area contributed by atoms with E-state index in [1.165, 1.54) is 70.0 Å². The molecular weight excluding hydrogens is 280 g/mol. The zero-order valence-electron chi connectivity index (χ0n) is 14.3. The molecule has 0 saturated carbocycles. The van der Waals surface area contributed by atoms with E-state index in [1.54, 1.807) is 0 Å². The van der Waals surface area contributed by atoms with E-state index in [0.717, 1.165) is 12.2 Å². The van der Waals surface area contributed by atoms with E-state index in [1.807, 2.05) is 11.8 Å². The number of esters is 1. The minimum absolute atomic E-state index is 0.00450. The number of hydrogen-bond donors (Lipinski definition) is 0. The van der Waals surface area contributed by atoms with E-state index in [2.05, 4.69) is 13.8 Å². The lowest BCUT2D eigenvalue weighted by Crippen LogP contribution is -2.07. The number of unbranched alkanes of at least 4 members (excludes halogenated alkanes) is 9. The maximum absolute atomic E-state index is 11.5. The summed E-state index contributed by atoms with van der Waals surface area (Å²) < 4.78 is 5.26. The van der Waals surface area contributed by atoms with E-state index in [9.17, 15) is 4.79 Å². The molecule has 3 heteroatoms. The van der Waals surface area contributed by atoms with Gasteiger partial charge in [-0.15, -0.1) is 0 Å².